The molecule has 4 atom stereocenters. The third kappa shape index (κ3) is 2.62. The van der Waals surface area contributed by atoms with E-state index in [1.807, 2.05) is 0 Å². The van der Waals surface area contributed by atoms with E-state index in [4.69, 9.17) is 22.1 Å². The summed E-state index contributed by atoms with van der Waals surface area (Å²) in [4.78, 5) is 21.9. The third-order valence-corrected chi connectivity index (χ3v) is 4.15. The molecule has 11 heteroatoms. The Labute approximate surface area is 136 Å². The highest BCUT2D eigenvalue weighted by Crippen LogP contribution is 2.36. The lowest BCUT2D eigenvalue weighted by Gasteiger charge is -2.28. The van der Waals surface area contributed by atoms with Crippen LogP contribution in [0.25, 0.3) is 0 Å². The number of fused-ring (bicyclic) bond motifs is 1. The third-order valence-electron chi connectivity index (χ3n) is 3.98. The Morgan fingerprint density at radius 3 is 2.78 bits per heavy atom. The van der Waals surface area contributed by atoms with E-state index in [-0.39, 0.29) is 30.0 Å². The number of aliphatic hydroxyl groups excluding tert-OH is 3. The number of rotatable bonds is 4. The molecule has 10 nitrogen and oxygen atoms in total. The van der Waals surface area contributed by atoms with E-state index in [1.54, 1.807) is 4.90 Å². The van der Waals surface area contributed by atoms with Crippen molar-refractivity contribution in [3.8, 4) is 0 Å². The highest BCUT2D eigenvalue weighted by molar-refractivity contribution is 6.18. The van der Waals surface area contributed by atoms with Crippen molar-refractivity contribution >= 4 is 29.1 Å². The Hall–Kier alpha value is -1.59. The van der Waals surface area contributed by atoms with Gasteiger partial charge in [0.2, 0.25) is 5.95 Å². The summed E-state index contributed by atoms with van der Waals surface area (Å²) in [7, 11) is 0. The average molecular weight is 348 g/mol. The van der Waals surface area contributed by atoms with Crippen molar-refractivity contribution in [3.63, 3.8) is 0 Å². The number of nitrogens with one attached hydrogen (secondary N) is 1. The Morgan fingerprint density at radius 1 is 1.43 bits per heavy atom. The second-order valence-corrected chi connectivity index (χ2v) is 5.79. The van der Waals surface area contributed by atoms with Gasteiger partial charge < -0.3 is 35.6 Å². The molecule has 1 fully saturated rings. The summed E-state index contributed by atoms with van der Waals surface area (Å²) in [6, 6.07) is 0. The van der Waals surface area contributed by atoms with Crippen molar-refractivity contribution in [2.75, 3.05) is 41.2 Å². The minimum absolute atomic E-state index is 0.0711. The fourth-order valence-corrected chi connectivity index (χ4v) is 3.11. The Morgan fingerprint density at radius 2 is 2.17 bits per heavy atom. The van der Waals surface area contributed by atoms with Crippen molar-refractivity contribution in [2.24, 2.45) is 0 Å². The van der Waals surface area contributed by atoms with Gasteiger partial charge in [0, 0.05) is 12.4 Å². The number of alkyl halides is 1. The van der Waals surface area contributed by atoms with E-state index in [2.05, 4.69) is 9.97 Å². The van der Waals surface area contributed by atoms with Crippen molar-refractivity contribution in [3.05, 3.63) is 10.4 Å². The van der Waals surface area contributed by atoms with E-state index < -0.39 is 36.7 Å². The van der Waals surface area contributed by atoms with Crippen LogP contribution >= 0.6 is 11.6 Å². The molecule has 0 bridgehead atoms. The Bertz CT molecular complexity index is 643. The van der Waals surface area contributed by atoms with Crippen molar-refractivity contribution in [2.45, 2.75) is 24.5 Å². The molecule has 3 heterocycles. The van der Waals surface area contributed by atoms with E-state index in [9.17, 15) is 20.1 Å². The van der Waals surface area contributed by atoms with Gasteiger partial charge in [0.15, 0.2) is 12.0 Å². The monoisotopic (exact) mass is 347 g/mol. The Kier molecular flexibility index (Phi) is 4.34. The SMILES string of the molecule is Nc1nc2c(c(=O)[nH]1)N(CCCl)CN2[C@@H]1O[C@H](CO)[C@@H](O)[C@H]1O. The molecular formula is C12H18ClN5O5. The van der Waals surface area contributed by atoms with Crippen LogP contribution < -0.4 is 21.1 Å². The first-order chi connectivity index (χ1) is 11.0. The lowest BCUT2D eigenvalue weighted by molar-refractivity contribution is -0.0222. The van der Waals surface area contributed by atoms with E-state index in [1.165, 1.54) is 4.90 Å². The zero-order valence-corrected chi connectivity index (χ0v) is 12.8. The number of H-pyrrole nitrogens is 1. The lowest BCUT2D eigenvalue weighted by atomic mass is 10.1. The van der Waals surface area contributed by atoms with Gasteiger partial charge in [-0.15, -0.1) is 11.6 Å². The number of nitrogen functional groups attached to an aromatic ring is 1. The van der Waals surface area contributed by atoms with Gasteiger partial charge in [-0.1, -0.05) is 0 Å². The number of nitrogens with two attached hydrogens (primary N) is 1. The number of nitrogens with zero attached hydrogens (tertiary/aromatic N) is 3. The summed E-state index contributed by atoms with van der Waals surface area (Å²) < 4.78 is 5.51. The largest absolute Gasteiger partial charge is 0.394 e. The molecule has 1 aromatic rings. The van der Waals surface area contributed by atoms with Crippen LogP contribution in [0.2, 0.25) is 0 Å². The predicted octanol–water partition coefficient (Wildman–Crippen LogP) is -2.39. The molecule has 3 rings (SSSR count). The molecule has 0 unspecified atom stereocenters. The topological polar surface area (TPSA) is 148 Å². The van der Waals surface area contributed by atoms with Crippen molar-refractivity contribution < 1.29 is 20.1 Å². The van der Waals surface area contributed by atoms with Gasteiger partial charge in [-0.05, 0) is 0 Å². The normalized spacial score (nSPS) is 30.1. The molecule has 0 saturated carbocycles. The highest BCUT2D eigenvalue weighted by atomic mass is 35.5. The molecule has 0 spiro atoms. The van der Waals surface area contributed by atoms with Crippen LogP contribution in [-0.4, -0.2) is 75.5 Å². The van der Waals surface area contributed by atoms with Crippen LogP contribution in [0.5, 0.6) is 0 Å². The zero-order valence-electron chi connectivity index (χ0n) is 12.1. The second kappa shape index (κ2) is 6.13. The minimum Gasteiger partial charge on any atom is -0.394 e. The van der Waals surface area contributed by atoms with E-state index in [0.717, 1.165) is 0 Å². The summed E-state index contributed by atoms with van der Waals surface area (Å²) >= 11 is 5.77. The fraction of sp³-hybridized carbons (Fsp3) is 0.667. The summed E-state index contributed by atoms with van der Waals surface area (Å²) in [6.45, 7) is 0.133. The number of ether oxygens (including phenoxy) is 1. The number of anilines is 3. The van der Waals surface area contributed by atoms with Crippen LogP contribution in [-0.2, 0) is 4.74 Å². The fourth-order valence-electron chi connectivity index (χ4n) is 2.90. The van der Waals surface area contributed by atoms with Crippen LogP contribution in [0.3, 0.4) is 0 Å². The van der Waals surface area contributed by atoms with Crippen molar-refractivity contribution in [1.29, 1.82) is 0 Å². The molecule has 128 valence electrons. The quantitative estimate of drug-likeness (QED) is 0.376. The maximum absolute atomic E-state index is 12.2. The summed E-state index contributed by atoms with van der Waals surface area (Å²) in [5.41, 5.74) is 5.45. The highest BCUT2D eigenvalue weighted by Gasteiger charge is 2.48. The molecule has 6 N–H and O–H groups in total. The molecule has 1 saturated heterocycles. The molecule has 0 aromatic carbocycles. The number of halogens is 1. The zero-order chi connectivity index (χ0) is 16.7. The van der Waals surface area contributed by atoms with Gasteiger partial charge in [-0.2, -0.15) is 4.98 Å². The first-order valence-electron chi connectivity index (χ1n) is 7.07. The first kappa shape index (κ1) is 16.3. The first-order valence-corrected chi connectivity index (χ1v) is 7.61. The van der Waals surface area contributed by atoms with Crippen molar-refractivity contribution in [1.82, 2.24) is 9.97 Å². The van der Waals surface area contributed by atoms with Gasteiger partial charge in [0.05, 0.1) is 13.3 Å². The number of aliphatic hydroxyl groups is 3. The van der Waals surface area contributed by atoms with E-state index >= 15 is 0 Å². The molecule has 23 heavy (non-hydrogen) atoms. The maximum Gasteiger partial charge on any atom is 0.278 e. The predicted molar refractivity (Wildman–Crippen MR) is 82.4 cm³/mol. The van der Waals surface area contributed by atoms with Gasteiger partial charge in [0.1, 0.15) is 24.0 Å². The molecule has 0 amide bonds. The number of hydrogen-bond donors (Lipinski definition) is 5. The number of hydrogen-bond acceptors (Lipinski definition) is 9. The molecule has 2 aliphatic heterocycles. The van der Waals surface area contributed by atoms with Crippen LogP contribution in [0.15, 0.2) is 4.79 Å². The molecular weight excluding hydrogens is 330 g/mol. The lowest BCUT2D eigenvalue weighted by Crippen LogP contribution is -2.46. The number of aromatic nitrogens is 2. The van der Waals surface area contributed by atoms with Gasteiger partial charge >= 0.3 is 0 Å². The Balaban J connectivity index is 1.98. The average Bonchev–Trinajstić information content (AvgIpc) is 2.99. The van der Waals surface area contributed by atoms with Crippen LogP contribution in [0.1, 0.15) is 0 Å². The van der Waals surface area contributed by atoms with E-state index in [0.29, 0.717) is 6.54 Å². The van der Waals surface area contributed by atoms with Gasteiger partial charge in [0.25, 0.3) is 5.56 Å². The molecule has 0 aliphatic carbocycles. The smallest absolute Gasteiger partial charge is 0.278 e. The number of aromatic amines is 1. The summed E-state index contributed by atoms with van der Waals surface area (Å²) in [5.74, 6) is 0.456. The second-order valence-electron chi connectivity index (χ2n) is 5.42. The standard InChI is InChI=1S/C12H18ClN5O5/c13-1-2-17-4-18(9-6(17)10(22)16-12(14)15-9)11-8(21)7(20)5(3-19)23-11/h5,7-8,11,19-21H,1-4H2,(H3,14,15,16,22)/t5-,7-,8-,11-/m1/s1. The summed E-state index contributed by atoms with van der Waals surface area (Å²) in [5, 5.41) is 29.3. The molecule has 1 aromatic heterocycles. The van der Waals surface area contributed by atoms with Gasteiger partial charge in [-0.25, -0.2) is 0 Å². The maximum atomic E-state index is 12.2. The van der Waals surface area contributed by atoms with Gasteiger partial charge in [-0.3, -0.25) is 9.78 Å². The molecule has 2 aliphatic rings. The summed E-state index contributed by atoms with van der Waals surface area (Å²) in [6.07, 6.45) is -4.39. The minimum atomic E-state index is -1.27. The molecule has 0 radical (unpaired) electrons. The van der Waals surface area contributed by atoms with Crippen LogP contribution in [0, 0.1) is 0 Å². The van der Waals surface area contributed by atoms with Crippen LogP contribution in [0.4, 0.5) is 17.5 Å².